The number of nitrogens with one attached hydrogen (secondary N) is 1. The molecule has 35 heavy (non-hydrogen) atoms. The lowest BCUT2D eigenvalue weighted by Crippen LogP contribution is -2.51. The summed E-state index contributed by atoms with van der Waals surface area (Å²) in [6, 6.07) is 10.9. The molecule has 0 saturated carbocycles. The summed E-state index contributed by atoms with van der Waals surface area (Å²) in [6.07, 6.45) is 1.77. The van der Waals surface area contributed by atoms with Gasteiger partial charge in [0.25, 0.3) is 0 Å². The van der Waals surface area contributed by atoms with E-state index in [9.17, 15) is 18.0 Å². The average Bonchev–Trinajstić information content (AvgIpc) is 3.31. The van der Waals surface area contributed by atoms with Gasteiger partial charge in [0.15, 0.2) is 11.5 Å². The highest BCUT2D eigenvalue weighted by Crippen LogP contribution is 2.36. The maximum Gasteiger partial charge on any atom is 0.244 e. The number of anilines is 1. The first-order valence-electron chi connectivity index (χ1n) is 11.2. The van der Waals surface area contributed by atoms with Crippen LogP contribution in [-0.4, -0.2) is 64.4 Å². The minimum atomic E-state index is -3.83. The quantitative estimate of drug-likeness (QED) is 0.498. The first kappa shape index (κ1) is 26.1. The Labute approximate surface area is 205 Å². The molecule has 1 atom stereocenters. The summed E-state index contributed by atoms with van der Waals surface area (Å²) in [5.74, 6) is 0.707. The number of carbonyl (C=O) groups excluding carboxylic acids is 2. The summed E-state index contributed by atoms with van der Waals surface area (Å²) in [6.45, 7) is 3.69. The maximum atomic E-state index is 13.5. The monoisotopic (exact) mass is 505 g/mol. The number of sulfonamides is 1. The van der Waals surface area contributed by atoms with Crippen molar-refractivity contribution >= 4 is 27.5 Å². The molecule has 0 bridgehead atoms. The van der Waals surface area contributed by atoms with Gasteiger partial charge in [0.2, 0.25) is 28.6 Å². The van der Waals surface area contributed by atoms with Crippen molar-refractivity contribution < 1.29 is 32.2 Å². The molecule has 2 aromatic rings. The molecule has 3 rings (SSSR count). The Balaban J connectivity index is 1.89. The Morgan fingerprint density at radius 3 is 2.43 bits per heavy atom. The molecular weight excluding hydrogens is 474 g/mol. The third kappa shape index (κ3) is 6.56. The fraction of sp³-hybridized carbons (Fsp3) is 0.417. The van der Waals surface area contributed by atoms with Gasteiger partial charge in [-0.25, -0.2) is 8.42 Å². The number of amides is 2. The number of hydrogen-bond acceptors (Lipinski definition) is 7. The average molecular weight is 506 g/mol. The first-order valence-corrected chi connectivity index (χ1v) is 13.1. The third-order valence-corrected chi connectivity index (χ3v) is 6.69. The summed E-state index contributed by atoms with van der Waals surface area (Å²) >= 11 is 0. The van der Waals surface area contributed by atoms with Crippen molar-refractivity contribution in [2.24, 2.45) is 0 Å². The molecule has 0 unspecified atom stereocenters. The molecule has 0 radical (unpaired) electrons. The summed E-state index contributed by atoms with van der Waals surface area (Å²) in [7, 11) is -2.28. The summed E-state index contributed by atoms with van der Waals surface area (Å²) < 4.78 is 42.1. The molecule has 10 nitrogen and oxygen atoms in total. The predicted octanol–water partition coefficient (Wildman–Crippen LogP) is 2.13. The van der Waals surface area contributed by atoms with E-state index in [1.807, 2.05) is 6.92 Å². The number of hydrogen-bond donors (Lipinski definition) is 1. The van der Waals surface area contributed by atoms with Crippen LogP contribution in [0.15, 0.2) is 42.5 Å². The van der Waals surface area contributed by atoms with E-state index >= 15 is 0 Å². The molecule has 1 N–H and O–H groups in total. The molecule has 11 heteroatoms. The molecular formula is C24H31N3O7S. The van der Waals surface area contributed by atoms with Crippen molar-refractivity contribution in [1.29, 1.82) is 0 Å². The Morgan fingerprint density at radius 2 is 1.80 bits per heavy atom. The number of carbonyl (C=O) groups is 2. The van der Waals surface area contributed by atoms with Crippen LogP contribution in [0.1, 0.15) is 25.8 Å². The number of methoxy groups -OCH3 is 1. The number of fused-ring (bicyclic) bond motifs is 1. The van der Waals surface area contributed by atoms with Gasteiger partial charge in [0.1, 0.15) is 18.3 Å². The summed E-state index contributed by atoms with van der Waals surface area (Å²) in [5.41, 5.74) is 1.03. The van der Waals surface area contributed by atoms with Crippen molar-refractivity contribution in [3.63, 3.8) is 0 Å². The van der Waals surface area contributed by atoms with Crippen LogP contribution < -0.4 is 23.8 Å². The van der Waals surface area contributed by atoms with E-state index in [-0.39, 0.29) is 24.9 Å². The van der Waals surface area contributed by atoms with Crippen LogP contribution in [-0.2, 0) is 26.2 Å². The third-order valence-electron chi connectivity index (χ3n) is 5.55. The van der Waals surface area contributed by atoms with Crippen molar-refractivity contribution in [3.8, 4) is 17.2 Å². The Hall–Kier alpha value is -3.47. The predicted molar refractivity (Wildman–Crippen MR) is 131 cm³/mol. The largest absolute Gasteiger partial charge is 0.497 e. The molecule has 190 valence electrons. The molecule has 0 fully saturated rings. The van der Waals surface area contributed by atoms with E-state index in [2.05, 4.69) is 5.32 Å². The van der Waals surface area contributed by atoms with Crippen molar-refractivity contribution in [2.45, 2.75) is 32.9 Å². The highest BCUT2D eigenvalue weighted by atomic mass is 32.2. The van der Waals surface area contributed by atoms with E-state index in [0.717, 1.165) is 22.5 Å². The molecule has 0 aromatic heterocycles. The number of ether oxygens (including phenoxy) is 3. The second-order valence-corrected chi connectivity index (χ2v) is 10.1. The molecule has 1 aliphatic rings. The first-order chi connectivity index (χ1) is 16.6. The topological polar surface area (TPSA) is 114 Å². The lowest BCUT2D eigenvalue weighted by molar-refractivity contribution is -0.139. The van der Waals surface area contributed by atoms with Crippen molar-refractivity contribution in [2.75, 3.05) is 37.6 Å². The zero-order valence-electron chi connectivity index (χ0n) is 20.3. The minimum absolute atomic E-state index is 0.0383. The van der Waals surface area contributed by atoms with Gasteiger partial charge in [-0.2, -0.15) is 0 Å². The van der Waals surface area contributed by atoms with Gasteiger partial charge in [-0.1, -0.05) is 19.1 Å². The van der Waals surface area contributed by atoms with Gasteiger partial charge >= 0.3 is 0 Å². The molecule has 1 heterocycles. The highest BCUT2D eigenvalue weighted by Gasteiger charge is 2.30. The molecule has 0 aliphatic carbocycles. The molecule has 0 spiro atoms. The van der Waals surface area contributed by atoms with Gasteiger partial charge < -0.3 is 24.4 Å². The number of nitrogens with zero attached hydrogens (tertiary/aromatic N) is 2. The molecule has 2 aromatic carbocycles. The Morgan fingerprint density at radius 1 is 1.11 bits per heavy atom. The Bertz CT molecular complexity index is 1150. The van der Waals surface area contributed by atoms with Gasteiger partial charge in [0.05, 0.1) is 19.1 Å². The molecule has 1 aliphatic heterocycles. The summed E-state index contributed by atoms with van der Waals surface area (Å²) in [5, 5.41) is 2.80. The smallest absolute Gasteiger partial charge is 0.244 e. The van der Waals surface area contributed by atoms with Crippen LogP contribution in [0.25, 0.3) is 0 Å². The number of benzene rings is 2. The Kier molecular flexibility index (Phi) is 8.44. The van der Waals surface area contributed by atoms with Crippen molar-refractivity contribution in [1.82, 2.24) is 10.2 Å². The van der Waals surface area contributed by atoms with Gasteiger partial charge in [-0.3, -0.25) is 13.9 Å². The van der Waals surface area contributed by atoms with Crippen LogP contribution in [0.2, 0.25) is 0 Å². The maximum absolute atomic E-state index is 13.5. The fourth-order valence-corrected chi connectivity index (χ4v) is 4.40. The van der Waals surface area contributed by atoms with E-state index in [4.69, 9.17) is 14.2 Å². The van der Waals surface area contributed by atoms with Gasteiger partial charge in [-0.15, -0.1) is 0 Å². The zero-order valence-corrected chi connectivity index (χ0v) is 21.1. The second kappa shape index (κ2) is 11.3. The minimum Gasteiger partial charge on any atom is -0.497 e. The van der Waals surface area contributed by atoms with Crippen LogP contribution >= 0.6 is 0 Å². The van der Waals surface area contributed by atoms with E-state index in [1.165, 1.54) is 11.0 Å². The molecule has 0 saturated heterocycles. The van der Waals surface area contributed by atoms with Crippen LogP contribution in [0.4, 0.5) is 5.69 Å². The van der Waals surface area contributed by atoms with Crippen molar-refractivity contribution in [3.05, 3.63) is 48.0 Å². The molecule has 2 amide bonds. The normalized spacial score (nSPS) is 13.1. The standard InChI is InChI=1S/C24H31N3O7S/c1-5-12-25-24(29)17(2)26(14-18-6-9-20(32-3)10-7-18)23(28)15-27(35(4,30)31)19-8-11-21-22(13-19)34-16-33-21/h6-11,13,17H,5,12,14-16H2,1-4H3,(H,25,29)/t17-/m0/s1. The van der Waals surface area contributed by atoms with E-state index in [0.29, 0.717) is 23.8 Å². The lowest BCUT2D eigenvalue weighted by Gasteiger charge is -2.31. The van der Waals surface area contributed by atoms with Crippen LogP contribution in [0.3, 0.4) is 0 Å². The lowest BCUT2D eigenvalue weighted by atomic mass is 10.1. The fourth-order valence-electron chi connectivity index (χ4n) is 3.56. The summed E-state index contributed by atoms with van der Waals surface area (Å²) in [4.78, 5) is 27.6. The van der Waals surface area contributed by atoms with Gasteiger partial charge in [-0.05, 0) is 43.2 Å². The SMILES string of the molecule is CCCNC(=O)[C@H](C)N(Cc1ccc(OC)cc1)C(=O)CN(c1ccc2c(c1)OCO2)S(C)(=O)=O. The highest BCUT2D eigenvalue weighted by molar-refractivity contribution is 7.92. The second-order valence-electron chi connectivity index (χ2n) is 8.14. The van der Waals surface area contributed by atoms with E-state index in [1.54, 1.807) is 50.4 Å². The number of rotatable bonds is 11. The van der Waals surface area contributed by atoms with E-state index < -0.39 is 28.5 Å². The zero-order chi connectivity index (χ0) is 25.6. The van der Waals surface area contributed by atoms with Crippen LogP contribution in [0.5, 0.6) is 17.2 Å². The van der Waals surface area contributed by atoms with Crippen LogP contribution in [0, 0.1) is 0 Å². The van der Waals surface area contributed by atoms with Gasteiger partial charge in [0, 0.05) is 19.2 Å².